The first kappa shape index (κ1) is 14.4. The molecule has 1 rings (SSSR count). The predicted molar refractivity (Wildman–Crippen MR) is 69.9 cm³/mol. The third kappa shape index (κ3) is 3.39. The first-order valence-electron chi connectivity index (χ1n) is 5.92. The van der Waals surface area contributed by atoms with Crippen LogP contribution in [0.5, 0.6) is 0 Å². The highest BCUT2D eigenvalue weighted by Gasteiger charge is 2.20. The van der Waals surface area contributed by atoms with Crippen LogP contribution < -0.4 is 0 Å². The molecule has 0 saturated carbocycles. The smallest absolute Gasteiger partial charge is 0.167 e. The van der Waals surface area contributed by atoms with Crippen molar-refractivity contribution in [1.82, 2.24) is 9.78 Å². The molecule has 1 aromatic rings. The fraction of sp³-hybridized carbons (Fsp3) is 0.667. The summed E-state index contributed by atoms with van der Waals surface area (Å²) in [5.74, 6) is -0.141. The number of ketones is 1. The zero-order chi connectivity index (χ0) is 13.0. The largest absolute Gasteiger partial charge is 0.385 e. The van der Waals surface area contributed by atoms with Crippen LogP contribution in [-0.4, -0.2) is 26.8 Å². The van der Waals surface area contributed by atoms with Crippen LogP contribution in [-0.2, 0) is 24.7 Å². The monoisotopic (exact) mass is 302 g/mol. The average Bonchev–Trinajstić information content (AvgIpc) is 2.56. The van der Waals surface area contributed by atoms with Crippen LogP contribution in [0.4, 0.5) is 0 Å². The van der Waals surface area contributed by atoms with Crippen molar-refractivity contribution in [2.75, 3.05) is 0 Å². The summed E-state index contributed by atoms with van der Waals surface area (Å²) in [6.45, 7) is 3.97. The SMILES string of the molecule is CCCC(O)C(=O)Cc1c(Br)c(CC)nn1C. The second-order valence-corrected chi connectivity index (χ2v) is 4.93. The number of carbonyl (C=O) groups excluding carboxylic acids is 1. The van der Waals surface area contributed by atoms with Gasteiger partial charge in [-0.25, -0.2) is 0 Å². The summed E-state index contributed by atoms with van der Waals surface area (Å²) in [6, 6.07) is 0. The van der Waals surface area contributed by atoms with Crippen molar-refractivity contribution >= 4 is 21.7 Å². The summed E-state index contributed by atoms with van der Waals surface area (Å²) in [5.41, 5.74) is 1.78. The Morgan fingerprint density at radius 2 is 2.18 bits per heavy atom. The summed E-state index contributed by atoms with van der Waals surface area (Å²) in [5, 5.41) is 14.0. The van der Waals surface area contributed by atoms with Crippen LogP contribution >= 0.6 is 15.9 Å². The molecule has 5 heteroatoms. The fourth-order valence-electron chi connectivity index (χ4n) is 1.73. The van der Waals surface area contributed by atoms with Gasteiger partial charge in [-0.05, 0) is 28.8 Å². The molecule has 1 atom stereocenters. The Balaban J connectivity index is 2.81. The van der Waals surface area contributed by atoms with Crippen molar-refractivity contribution in [1.29, 1.82) is 0 Å². The lowest BCUT2D eigenvalue weighted by Crippen LogP contribution is -2.23. The minimum absolute atomic E-state index is 0.141. The molecule has 1 heterocycles. The van der Waals surface area contributed by atoms with Crippen LogP contribution in [0.1, 0.15) is 38.1 Å². The van der Waals surface area contributed by atoms with Gasteiger partial charge >= 0.3 is 0 Å². The van der Waals surface area contributed by atoms with Crippen LogP contribution in [0.15, 0.2) is 4.47 Å². The molecule has 0 aliphatic rings. The fourth-order valence-corrected chi connectivity index (χ4v) is 2.49. The Morgan fingerprint density at radius 3 is 2.65 bits per heavy atom. The van der Waals surface area contributed by atoms with Gasteiger partial charge in [-0.2, -0.15) is 5.10 Å². The summed E-state index contributed by atoms with van der Waals surface area (Å²) in [7, 11) is 1.82. The van der Waals surface area contributed by atoms with E-state index < -0.39 is 6.10 Å². The minimum Gasteiger partial charge on any atom is -0.385 e. The molecule has 0 aliphatic heterocycles. The normalized spacial score (nSPS) is 12.8. The number of carbonyl (C=O) groups is 1. The molecule has 1 aromatic heterocycles. The molecule has 0 radical (unpaired) electrons. The number of hydrogen-bond acceptors (Lipinski definition) is 3. The van der Waals surface area contributed by atoms with E-state index in [-0.39, 0.29) is 12.2 Å². The lowest BCUT2D eigenvalue weighted by molar-refractivity contribution is -0.126. The molecule has 17 heavy (non-hydrogen) atoms. The Kier molecular flexibility index (Phi) is 5.33. The van der Waals surface area contributed by atoms with Gasteiger partial charge in [-0.3, -0.25) is 9.48 Å². The number of nitrogens with zero attached hydrogens (tertiary/aromatic N) is 2. The lowest BCUT2D eigenvalue weighted by atomic mass is 10.1. The van der Waals surface area contributed by atoms with Gasteiger partial charge in [-0.15, -0.1) is 0 Å². The molecule has 0 saturated heterocycles. The molecule has 0 bridgehead atoms. The van der Waals surface area contributed by atoms with E-state index in [0.717, 1.165) is 28.7 Å². The quantitative estimate of drug-likeness (QED) is 0.874. The number of aliphatic hydroxyl groups excluding tert-OH is 1. The van der Waals surface area contributed by atoms with Crippen molar-refractivity contribution in [3.63, 3.8) is 0 Å². The number of hydrogen-bond donors (Lipinski definition) is 1. The van der Waals surface area contributed by atoms with Crippen LogP contribution in [0.25, 0.3) is 0 Å². The Labute approximate surface area is 110 Å². The highest BCUT2D eigenvalue weighted by molar-refractivity contribution is 9.10. The maximum atomic E-state index is 11.8. The van der Waals surface area contributed by atoms with Crippen molar-refractivity contribution in [3.05, 3.63) is 15.9 Å². The Morgan fingerprint density at radius 1 is 1.53 bits per heavy atom. The minimum atomic E-state index is -0.855. The van der Waals surface area contributed by atoms with Crippen LogP contribution in [0.2, 0.25) is 0 Å². The molecule has 1 N–H and O–H groups in total. The van der Waals surface area contributed by atoms with Crippen LogP contribution in [0, 0.1) is 0 Å². The third-order valence-corrected chi connectivity index (χ3v) is 3.69. The van der Waals surface area contributed by atoms with Crippen molar-refractivity contribution < 1.29 is 9.90 Å². The van der Waals surface area contributed by atoms with Crippen molar-refractivity contribution in [2.45, 2.75) is 45.6 Å². The van der Waals surface area contributed by atoms with E-state index in [9.17, 15) is 9.90 Å². The van der Waals surface area contributed by atoms with Gasteiger partial charge in [0.25, 0.3) is 0 Å². The molecular weight excluding hydrogens is 284 g/mol. The Hall–Kier alpha value is -0.680. The Bertz CT molecular complexity index is 401. The lowest BCUT2D eigenvalue weighted by Gasteiger charge is -2.08. The zero-order valence-electron chi connectivity index (χ0n) is 10.5. The number of Topliss-reactive ketones (excluding diaryl/α,β-unsaturated/α-hetero) is 1. The molecule has 1 unspecified atom stereocenters. The molecule has 0 aliphatic carbocycles. The number of aromatic nitrogens is 2. The average molecular weight is 303 g/mol. The summed E-state index contributed by atoms with van der Waals surface area (Å²) in [6.07, 6.45) is 1.52. The summed E-state index contributed by atoms with van der Waals surface area (Å²) < 4.78 is 2.60. The molecule has 96 valence electrons. The first-order valence-corrected chi connectivity index (χ1v) is 6.71. The summed E-state index contributed by atoms with van der Waals surface area (Å²) >= 11 is 3.46. The number of rotatable bonds is 6. The number of aryl methyl sites for hydroxylation is 2. The molecule has 0 fully saturated rings. The van der Waals surface area contributed by atoms with Gasteiger partial charge in [0.1, 0.15) is 6.10 Å². The van der Waals surface area contributed by atoms with E-state index in [0.29, 0.717) is 6.42 Å². The highest BCUT2D eigenvalue weighted by atomic mass is 79.9. The van der Waals surface area contributed by atoms with Crippen molar-refractivity contribution in [2.24, 2.45) is 7.05 Å². The maximum Gasteiger partial charge on any atom is 0.167 e. The van der Waals surface area contributed by atoms with Crippen molar-refractivity contribution in [3.8, 4) is 0 Å². The van der Waals surface area contributed by atoms with E-state index in [4.69, 9.17) is 0 Å². The number of halogens is 1. The van der Waals surface area contributed by atoms with E-state index >= 15 is 0 Å². The molecular formula is C12H19BrN2O2. The second kappa shape index (κ2) is 6.31. The molecule has 4 nitrogen and oxygen atoms in total. The van der Waals surface area contributed by atoms with Gasteiger partial charge in [0.15, 0.2) is 5.78 Å². The van der Waals surface area contributed by atoms with E-state index in [1.807, 2.05) is 20.9 Å². The second-order valence-electron chi connectivity index (χ2n) is 4.13. The van der Waals surface area contributed by atoms with E-state index in [2.05, 4.69) is 21.0 Å². The standard InChI is InChI=1S/C12H19BrN2O2/c1-4-6-10(16)11(17)7-9-12(13)8(5-2)14-15(9)3/h10,16H,4-7H2,1-3H3. The summed E-state index contributed by atoms with van der Waals surface area (Å²) in [4.78, 5) is 11.8. The first-order chi connectivity index (χ1) is 8.01. The predicted octanol–water partition coefficient (Wildman–Crippen LogP) is 2.02. The molecule has 0 spiro atoms. The third-order valence-electron chi connectivity index (χ3n) is 2.78. The van der Waals surface area contributed by atoms with E-state index in [1.54, 1.807) is 4.68 Å². The zero-order valence-corrected chi connectivity index (χ0v) is 12.1. The van der Waals surface area contributed by atoms with E-state index in [1.165, 1.54) is 0 Å². The van der Waals surface area contributed by atoms with Gasteiger partial charge in [0.2, 0.25) is 0 Å². The van der Waals surface area contributed by atoms with Gasteiger partial charge < -0.3 is 5.11 Å². The van der Waals surface area contributed by atoms with Gasteiger partial charge in [0, 0.05) is 7.05 Å². The number of aliphatic hydroxyl groups is 1. The molecule has 0 aromatic carbocycles. The van der Waals surface area contributed by atoms with Gasteiger partial charge in [0.05, 0.1) is 22.3 Å². The van der Waals surface area contributed by atoms with Gasteiger partial charge in [-0.1, -0.05) is 20.3 Å². The highest BCUT2D eigenvalue weighted by Crippen LogP contribution is 2.22. The maximum absolute atomic E-state index is 11.8. The topological polar surface area (TPSA) is 55.1 Å². The van der Waals surface area contributed by atoms with Crippen LogP contribution in [0.3, 0.4) is 0 Å². The molecule has 0 amide bonds.